The van der Waals surface area contributed by atoms with Gasteiger partial charge < -0.3 is 9.15 Å². The highest BCUT2D eigenvalue weighted by Crippen LogP contribution is 2.25. The largest absolute Gasteiger partial charge is 0.465 e. The second-order valence-electron chi connectivity index (χ2n) is 4.60. The van der Waals surface area contributed by atoms with Crippen molar-refractivity contribution >= 4 is 22.7 Å². The van der Waals surface area contributed by atoms with Gasteiger partial charge in [0.15, 0.2) is 5.78 Å². The molecular weight excluding hydrogens is 256 g/mol. The number of fused-ring (bicyclic) bond motifs is 1. The minimum Gasteiger partial charge on any atom is -0.465 e. The monoisotopic (exact) mass is 274 g/mol. The lowest BCUT2D eigenvalue weighted by Crippen LogP contribution is -2.26. The summed E-state index contributed by atoms with van der Waals surface area (Å²) < 4.78 is 10.4. The highest BCUT2D eigenvalue weighted by atomic mass is 16.5. The minimum absolute atomic E-state index is 0.227. The zero-order valence-electron chi connectivity index (χ0n) is 11.7. The number of furan rings is 1. The maximum absolute atomic E-state index is 12.6. The number of ketones is 1. The Morgan fingerprint density at radius 2 is 2.00 bits per heavy atom. The first kappa shape index (κ1) is 14.3. The van der Waals surface area contributed by atoms with E-state index in [9.17, 15) is 9.59 Å². The van der Waals surface area contributed by atoms with Crippen molar-refractivity contribution in [2.45, 2.75) is 26.7 Å². The van der Waals surface area contributed by atoms with Crippen LogP contribution in [0.1, 0.15) is 37.0 Å². The van der Waals surface area contributed by atoms with E-state index in [0.29, 0.717) is 17.6 Å². The second kappa shape index (κ2) is 6.37. The van der Waals surface area contributed by atoms with Crippen molar-refractivity contribution in [1.82, 2.24) is 0 Å². The number of hydrogen-bond acceptors (Lipinski definition) is 4. The third-order valence-electron chi connectivity index (χ3n) is 3.21. The zero-order valence-corrected chi connectivity index (χ0v) is 11.7. The first-order valence-corrected chi connectivity index (χ1v) is 6.86. The standard InChI is InChI=1S/C16H18O4/c1-3-7-12(16(18)19-4-2)15(17)13-10-20-14-9-6-5-8-11(13)14/h5-6,8-10,12H,3-4,7H2,1-2H3. The predicted octanol–water partition coefficient (Wildman–Crippen LogP) is 3.59. The van der Waals surface area contributed by atoms with Crippen molar-refractivity contribution in [2.75, 3.05) is 6.61 Å². The Bertz CT molecular complexity index is 612. The van der Waals surface area contributed by atoms with Crippen LogP contribution in [-0.2, 0) is 9.53 Å². The summed E-state index contributed by atoms with van der Waals surface area (Å²) in [5.74, 6) is -1.43. The molecule has 2 aromatic rings. The van der Waals surface area contributed by atoms with E-state index in [0.717, 1.165) is 11.8 Å². The van der Waals surface area contributed by atoms with Crippen LogP contribution >= 0.6 is 0 Å². The number of ether oxygens (including phenoxy) is 1. The molecule has 0 N–H and O–H groups in total. The van der Waals surface area contributed by atoms with Gasteiger partial charge in [0.1, 0.15) is 17.8 Å². The molecule has 0 amide bonds. The molecule has 1 unspecified atom stereocenters. The number of rotatable bonds is 6. The molecule has 0 spiro atoms. The van der Waals surface area contributed by atoms with Crippen LogP contribution in [-0.4, -0.2) is 18.4 Å². The maximum atomic E-state index is 12.6. The molecule has 0 radical (unpaired) electrons. The van der Waals surface area contributed by atoms with Gasteiger partial charge >= 0.3 is 5.97 Å². The Kier molecular flexibility index (Phi) is 4.56. The molecule has 0 aliphatic heterocycles. The van der Waals surface area contributed by atoms with Crippen molar-refractivity contribution in [3.63, 3.8) is 0 Å². The lowest BCUT2D eigenvalue weighted by Gasteiger charge is -2.12. The van der Waals surface area contributed by atoms with E-state index in [1.54, 1.807) is 13.0 Å². The van der Waals surface area contributed by atoms with Crippen LogP contribution in [0.15, 0.2) is 34.9 Å². The van der Waals surface area contributed by atoms with Gasteiger partial charge in [-0.15, -0.1) is 0 Å². The summed E-state index contributed by atoms with van der Waals surface area (Å²) >= 11 is 0. The third-order valence-corrected chi connectivity index (χ3v) is 3.21. The van der Waals surface area contributed by atoms with Gasteiger partial charge in [0, 0.05) is 5.39 Å². The van der Waals surface area contributed by atoms with E-state index >= 15 is 0 Å². The molecule has 2 rings (SSSR count). The van der Waals surface area contributed by atoms with Gasteiger partial charge in [-0.05, 0) is 19.4 Å². The Hall–Kier alpha value is -2.10. The first-order valence-electron chi connectivity index (χ1n) is 6.86. The lowest BCUT2D eigenvalue weighted by atomic mass is 9.93. The Labute approximate surface area is 117 Å². The molecule has 1 atom stereocenters. The second-order valence-corrected chi connectivity index (χ2v) is 4.60. The van der Waals surface area contributed by atoms with Crippen LogP contribution in [0, 0.1) is 5.92 Å². The quantitative estimate of drug-likeness (QED) is 0.459. The summed E-state index contributed by atoms with van der Waals surface area (Å²) in [6, 6.07) is 7.30. The van der Waals surface area contributed by atoms with Gasteiger partial charge in [-0.1, -0.05) is 31.5 Å². The van der Waals surface area contributed by atoms with E-state index in [1.807, 2.05) is 25.1 Å². The van der Waals surface area contributed by atoms with Gasteiger partial charge in [0.25, 0.3) is 0 Å². The molecule has 4 nitrogen and oxygen atoms in total. The topological polar surface area (TPSA) is 56.5 Å². The van der Waals surface area contributed by atoms with Gasteiger partial charge in [-0.25, -0.2) is 0 Å². The van der Waals surface area contributed by atoms with Crippen LogP contribution in [0.5, 0.6) is 0 Å². The first-order chi connectivity index (χ1) is 9.69. The van der Waals surface area contributed by atoms with Crippen molar-refractivity contribution in [2.24, 2.45) is 5.92 Å². The molecule has 0 fully saturated rings. The van der Waals surface area contributed by atoms with Crippen LogP contribution in [0.3, 0.4) is 0 Å². The Balaban J connectivity index is 2.34. The van der Waals surface area contributed by atoms with E-state index in [-0.39, 0.29) is 12.4 Å². The summed E-state index contributed by atoms with van der Waals surface area (Å²) in [5.41, 5.74) is 1.10. The molecular formula is C16H18O4. The maximum Gasteiger partial charge on any atom is 0.316 e. The van der Waals surface area contributed by atoms with Crippen molar-refractivity contribution in [1.29, 1.82) is 0 Å². The summed E-state index contributed by atoms with van der Waals surface area (Å²) in [5, 5.41) is 0.739. The number of benzene rings is 1. The van der Waals surface area contributed by atoms with Gasteiger partial charge in [0.05, 0.1) is 12.2 Å². The summed E-state index contributed by atoms with van der Waals surface area (Å²) in [6.45, 7) is 3.95. The van der Waals surface area contributed by atoms with Gasteiger partial charge in [-0.3, -0.25) is 9.59 Å². The highest BCUT2D eigenvalue weighted by molar-refractivity contribution is 6.14. The highest BCUT2D eigenvalue weighted by Gasteiger charge is 2.30. The molecule has 0 saturated heterocycles. The average molecular weight is 274 g/mol. The Morgan fingerprint density at radius 1 is 1.25 bits per heavy atom. The van der Waals surface area contributed by atoms with E-state index in [2.05, 4.69) is 0 Å². The molecule has 1 aromatic carbocycles. The smallest absolute Gasteiger partial charge is 0.316 e. The van der Waals surface area contributed by atoms with Gasteiger partial charge in [-0.2, -0.15) is 0 Å². The fourth-order valence-corrected chi connectivity index (χ4v) is 2.24. The van der Waals surface area contributed by atoms with Crippen molar-refractivity contribution < 1.29 is 18.7 Å². The summed E-state index contributed by atoms with van der Waals surface area (Å²) in [6.07, 6.45) is 2.65. The van der Waals surface area contributed by atoms with Crippen molar-refractivity contribution in [3.05, 3.63) is 36.1 Å². The number of carbonyl (C=O) groups excluding carboxylic acids is 2. The minimum atomic E-state index is -0.749. The SMILES string of the molecule is CCCC(C(=O)OCC)C(=O)c1coc2ccccc12. The fraction of sp³-hybridized carbons (Fsp3) is 0.375. The van der Waals surface area contributed by atoms with Crippen LogP contribution in [0.4, 0.5) is 0 Å². The number of Topliss-reactive ketones (excluding diaryl/α,β-unsaturated/α-hetero) is 1. The van der Waals surface area contributed by atoms with E-state index < -0.39 is 11.9 Å². The molecule has 0 bridgehead atoms. The Morgan fingerprint density at radius 3 is 2.70 bits per heavy atom. The molecule has 1 heterocycles. The molecule has 0 aliphatic carbocycles. The average Bonchev–Trinajstić information content (AvgIpc) is 2.88. The van der Waals surface area contributed by atoms with Crippen LogP contribution < -0.4 is 0 Å². The molecule has 0 saturated carbocycles. The molecule has 20 heavy (non-hydrogen) atoms. The molecule has 106 valence electrons. The third kappa shape index (κ3) is 2.74. The van der Waals surface area contributed by atoms with Crippen LogP contribution in [0.25, 0.3) is 11.0 Å². The van der Waals surface area contributed by atoms with Gasteiger partial charge in [0.2, 0.25) is 0 Å². The molecule has 1 aromatic heterocycles. The lowest BCUT2D eigenvalue weighted by molar-refractivity contribution is -0.146. The summed E-state index contributed by atoms with van der Waals surface area (Å²) in [4.78, 5) is 24.5. The zero-order chi connectivity index (χ0) is 14.5. The van der Waals surface area contributed by atoms with E-state index in [4.69, 9.17) is 9.15 Å². The fourth-order valence-electron chi connectivity index (χ4n) is 2.24. The number of para-hydroxylation sites is 1. The normalized spacial score (nSPS) is 12.3. The number of hydrogen-bond donors (Lipinski definition) is 0. The summed E-state index contributed by atoms with van der Waals surface area (Å²) in [7, 11) is 0. The molecule has 4 heteroatoms. The number of esters is 1. The molecule has 0 aliphatic rings. The predicted molar refractivity (Wildman–Crippen MR) is 75.6 cm³/mol. The number of carbonyl (C=O) groups is 2. The van der Waals surface area contributed by atoms with Crippen LogP contribution in [0.2, 0.25) is 0 Å². The van der Waals surface area contributed by atoms with Crippen molar-refractivity contribution in [3.8, 4) is 0 Å². The van der Waals surface area contributed by atoms with E-state index in [1.165, 1.54) is 6.26 Å².